The molecule has 0 aliphatic heterocycles. The minimum atomic E-state index is -0.446. The van der Waals surface area contributed by atoms with Gasteiger partial charge in [-0.25, -0.2) is 0 Å². The first-order valence-corrected chi connectivity index (χ1v) is 7.43. The molecule has 0 aromatic heterocycles. The van der Waals surface area contributed by atoms with Crippen molar-refractivity contribution in [2.75, 3.05) is 6.26 Å². The molecular weight excluding hydrogens is 246 g/mol. The van der Waals surface area contributed by atoms with E-state index in [9.17, 15) is 4.79 Å². The lowest BCUT2D eigenvalue weighted by molar-refractivity contribution is -0.127. The normalized spacial score (nSPS) is 23.3. The maximum atomic E-state index is 11.8. The largest absolute Gasteiger partial charge is 0.481 e. The second kappa shape index (κ2) is 5.65. The Kier molecular flexibility index (Phi) is 4.17. The molecule has 1 aromatic rings. The molecule has 1 fully saturated rings. The SMILES string of the molecule is CSc1ccc(O[C@H](C)C(=O)N[C@@H]2C[C@@H]2C)cc1. The zero-order chi connectivity index (χ0) is 13.1. The molecule has 0 radical (unpaired) electrons. The smallest absolute Gasteiger partial charge is 0.261 e. The molecule has 3 nitrogen and oxygen atoms in total. The Morgan fingerprint density at radius 1 is 1.44 bits per heavy atom. The van der Waals surface area contributed by atoms with E-state index >= 15 is 0 Å². The Bertz CT molecular complexity index is 418. The Hall–Kier alpha value is -1.16. The predicted molar refractivity (Wildman–Crippen MR) is 74.0 cm³/mol. The van der Waals surface area contributed by atoms with E-state index in [1.807, 2.05) is 30.5 Å². The number of rotatable bonds is 5. The van der Waals surface area contributed by atoms with E-state index in [1.54, 1.807) is 18.7 Å². The van der Waals surface area contributed by atoms with Crippen molar-refractivity contribution in [3.63, 3.8) is 0 Å². The summed E-state index contributed by atoms with van der Waals surface area (Å²) in [6.07, 6.45) is 2.67. The molecule has 2 rings (SSSR count). The third kappa shape index (κ3) is 3.42. The van der Waals surface area contributed by atoms with Crippen molar-refractivity contribution in [1.29, 1.82) is 0 Å². The van der Waals surface area contributed by atoms with Gasteiger partial charge in [-0.2, -0.15) is 0 Å². The second-order valence-corrected chi connectivity index (χ2v) is 5.64. The first kappa shape index (κ1) is 13.3. The number of carbonyl (C=O) groups is 1. The lowest BCUT2D eigenvalue weighted by Crippen LogP contribution is -2.38. The van der Waals surface area contributed by atoms with Crippen LogP contribution in [0, 0.1) is 5.92 Å². The van der Waals surface area contributed by atoms with E-state index in [0.717, 1.165) is 12.2 Å². The Balaban J connectivity index is 1.85. The first-order valence-electron chi connectivity index (χ1n) is 6.21. The highest BCUT2D eigenvalue weighted by Crippen LogP contribution is 2.29. The summed E-state index contributed by atoms with van der Waals surface area (Å²) in [5.74, 6) is 1.32. The fourth-order valence-corrected chi connectivity index (χ4v) is 2.14. The lowest BCUT2D eigenvalue weighted by atomic mass is 10.3. The van der Waals surface area contributed by atoms with E-state index in [1.165, 1.54) is 4.90 Å². The maximum Gasteiger partial charge on any atom is 0.261 e. The third-order valence-corrected chi connectivity index (χ3v) is 3.92. The number of carbonyl (C=O) groups excluding carboxylic acids is 1. The van der Waals surface area contributed by atoms with Crippen LogP contribution in [0.25, 0.3) is 0 Å². The molecule has 0 saturated heterocycles. The van der Waals surface area contributed by atoms with Gasteiger partial charge in [-0.3, -0.25) is 4.79 Å². The molecule has 1 amide bonds. The quantitative estimate of drug-likeness (QED) is 0.832. The van der Waals surface area contributed by atoms with Crippen LogP contribution in [0.15, 0.2) is 29.2 Å². The van der Waals surface area contributed by atoms with Crippen LogP contribution < -0.4 is 10.1 Å². The number of hydrogen-bond acceptors (Lipinski definition) is 3. The summed E-state index contributed by atoms with van der Waals surface area (Å²) in [4.78, 5) is 13.0. The number of thioether (sulfide) groups is 1. The predicted octanol–water partition coefficient (Wildman–Crippen LogP) is 2.70. The average Bonchev–Trinajstić information content (AvgIpc) is 3.05. The molecule has 1 aromatic carbocycles. The summed E-state index contributed by atoms with van der Waals surface area (Å²) in [7, 11) is 0. The van der Waals surface area contributed by atoms with Crippen molar-refractivity contribution in [1.82, 2.24) is 5.32 Å². The molecule has 98 valence electrons. The molecule has 1 aliphatic carbocycles. The molecule has 3 atom stereocenters. The fraction of sp³-hybridized carbons (Fsp3) is 0.500. The second-order valence-electron chi connectivity index (χ2n) is 4.76. The molecular formula is C14H19NO2S. The minimum Gasteiger partial charge on any atom is -0.481 e. The van der Waals surface area contributed by atoms with Gasteiger partial charge in [0.2, 0.25) is 0 Å². The molecule has 0 heterocycles. The summed E-state index contributed by atoms with van der Waals surface area (Å²) < 4.78 is 5.62. The van der Waals surface area contributed by atoms with Gasteiger partial charge in [-0.1, -0.05) is 6.92 Å². The highest BCUT2D eigenvalue weighted by Gasteiger charge is 2.35. The highest BCUT2D eigenvalue weighted by molar-refractivity contribution is 7.98. The number of hydrogen-bond donors (Lipinski definition) is 1. The lowest BCUT2D eigenvalue weighted by Gasteiger charge is -2.14. The van der Waals surface area contributed by atoms with Crippen molar-refractivity contribution in [3.8, 4) is 5.75 Å². The summed E-state index contributed by atoms with van der Waals surface area (Å²) in [6, 6.07) is 8.13. The van der Waals surface area contributed by atoms with Gasteiger partial charge in [0, 0.05) is 10.9 Å². The van der Waals surface area contributed by atoms with Gasteiger partial charge in [0.25, 0.3) is 5.91 Å². The standard InChI is InChI=1S/C14H19NO2S/c1-9-8-13(9)15-14(16)10(2)17-11-4-6-12(18-3)7-5-11/h4-7,9-10,13H,8H2,1-3H3,(H,15,16)/t9-,10+,13+/m0/s1. The van der Waals surface area contributed by atoms with Crippen LogP contribution in [0.1, 0.15) is 20.3 Å². The van der Waals surface area contributed by atoms with Gasteiger partial charge in [0.05, 0.1) is 0 Å². The van der Waals surface area contributed by atoms with Crippen LogP contribution in [0.3, 0.4) is 0 Å². The minimum absolute atomic E-state index is 0.0294. The Morgan fingerprint density at radius 2 is 2.06 bits per heavy atom. The number of benzene rings is 1. The number of ether oxygens (including phenoxy) is 1. The summed E-state index contributed by atoms with van der Waals surface area (Å²) in [5, 5.41) is 2.98. The van der Waals surface area contributed by atoms with Crippen molar-refractivity contribution < 1.29 is 9.53 Å². The molecule has 1 saturated carbocycles. The van der Waals surface area contributed by atoms with Gasteiger partial charge in [0.15, 0.2) is 6.10 Å². The summed E-state index contributed by atoms with van der Waals surface area (Å²) >= 11 is 1.68. The molecule has 0 bridgehead atoms. The van der Waals surface area contributed by atoms with Gasteiger partial charge in [0.1, 0.15) is 5.75 Å². The van der Waals surface area contributed by atoms with Crippen LogP contribution >= 0.6 is 11.8 Å². The van der Waals surface area contributed by atoms with Crippen molar-refractivity contribution >= 4 is 17.7 Å². The van der Waals surface area contributed by atoms with Crippen molar-refractivity contribution in [2.45, 2.75) is 37.3 Å². The molecule has 0 unspecified atom stereocenters. The molecule has 18 heavy (non-hydrogen) atoms. The number of amides is 1. The molecule has 0 spiro atoms. The Labute approximate surface area is 112 Å². The summed E-state index contributed by atoms with van der Waals surface area (Å²) in [6.45, 7) is 3.92. The zero-order valence-corrected chi connectivity index (χ0v) is 11.8. The fourth-order valence-electron chi connectivity index (χ4n) is 1.74. The van der Waals surface area contributed by atoms with Crippen LogP contribution in [0.2, 0.25) is 0 Å². The molecule has 4 heteroatoms. The van der Waals surface area contributed by atoms with Gasteiger partial charge in [-0.05, 0) is 49.8 Å². The van der Waals surface area contributed by atoms with Gasteiger partial charge >= 0.3 is 0 Å². The molecule has 1 aliphatic rings. The zero-order valence-electron chi connectivity index (χ0n) is 11.0. The van der Waals surface area contributed by atoms with Crippen LogP contribution in [0.4, 0.5) is 0 Å². The Morgan fingerprint density at radius 3 is 2.56 bits per heavy atom. The summed E-state index contributed by atoms with van der Waals surface area (Å²) in [5.41, 5.74) is 0. The monoisotopic (exact) mass is 265 g/mol. The highest BCUT2D eigenvalue weighted by atomic mass is 32.2. The van der Waals surface area contributed by atoms with E-state index in [4.69, 9.17) is 4.74 Å². The van der Waals surface area contributed by atoms with Crippen molar-refractivity contribution in [3.05, 3.63) is 24.3 Å². The average molecular weight is 265 g/mol. The van der Waals surface area contributed by atoms with Gasteiger partial charge in [-0.15, -0.1) is 11.8 Å². The van der Waals surface area contributed by atoms with Gasteiger partial charge < -0.3 is 10.1 Å². The number of nitrogens with one attached hydrogen (secondary N) is 1. The van der Waals surface area contributed by atoms with Crippen LogP contribution in [0.5, 0.6) is 5.75 Å². The molecule has 1 N–H and O–H groups in total. The van der Waals surface area contributed by atoms with Crippen molar-refractivity contribution in [2.24, 2.45) is 5.92 Å². The maximum absolute atomic E-state index is 11.8. The van der Waals surface area contributed by atoms with Crippen LogP contribution in [-0.2, 0) is 4.79 Å². The van der Waals surface area contributed by atoms with E-state index in [2.05, 4.69) is 12.2 Å². The topological polar surface area (TPSA) is 38.3 Å². The van der Waals surface area contributed by atoms with E-state index < -0.39 is 6.10 Å². The van der Waals surface area contributed by atoms with Crippen LogP contribution in [-0.4, -0.2) is 24.3 Å². The first-order chi connectivity index (χ1) is 8.60. The third-order valence-electron chi connectivity index (χ3n) is 3.18. The van der Waals surface area contributed by atoms with E-state index in [0.29, 0.717) is 12.0 Å². The van der Waals surface area contributed by atoms with E-state index in [-0.39, 0.29) is 5.91 Å².